The van der Waals surface area contributed by atoms with E-state index < -0.39 is 0 Å². The van der Waals surface area contributed by atoms with Crippen LogP contribution in [0.15, 0.2) is 0 Å². The van der Waals surface area contributed by atoms with Crippen LogP contribution in [-0.2, 0) is 0 Å². The highest BCUT2D eigenvalue weighted by molar-refractivity contribution is 8.76. The third-order valence-electron chi connectivity index (χ3n) is 0.433. The van der Waals surface area contributed by atoms with Crippen molar-refractivity contribution in [3.05, 3.63) is 0 Å². The van der Waals surface area contributed by atoms with Crippen LogP contribution in [0.5, 0.6) is 0 Å². The molecule has 0 spiro atoms. The molecule has 0 aliphatic heterocycles. The Labute approximate surface area is 75.2 Å². The zero-order valence-electron chi connectivity index (χ0n) is 6.49. The van der Waals surface area contributed by atoms with Gasteiger partial charge in [-0.15, -0.1) is 0 Å². The van der Waals surface area contributed by atoms with Crippen LogP contribution in [0.3, 0.4) is 0 Å². The number of nitriles is 1. The van der Waals surface area contributed by atoms with Crippen LogP contribution in [0.25, 0.3) is 0 Å². The summed E-state index contributed by atoms with van der Waals surface area (Å²) in [6.07, 6.45) is 0. The van der Waals surface area contributed by atoms with Gasteiger partial charge in [0.2, 0.25) is 0 Å². The van der Waals surface area contributed by atoms with Crippen molar-refractivity contribution in [1.29, 1.82) is 5.26 Å². The molecule has 2 N–H and O–H groups in total. The van der Waals surface area contributed by atoms with E-state index in [0.717, 1.165) is 11.5 Å². The van der Waals surface area contributed by atoms with E-state index in [0.29, 0.717) is 0 Å². The Morgan fingerprint density at radius 2 is 1.45 bits per heavy atom. The van der Waals surface area contributed by atoms with Crippen LogP contribution in [0.4, 0.5) is 0 Å². The summed E-state index contributed by atoms with van der Waals surface area (Å²) in [5.74, 6) is 1.51. The summed E-state index contributed by atoms with van der Waals surface area (Å²) >= 11 is 0. The number of nitrogens with zero attached hydrogens (tertiary/aromatic N) is 1. The van der Waals surface area contributed by atoms with Gasteiger partial charge in [0.15, 0.2) is 0 Å². The summed E-state index contributed by atoms with van der Waals surface area (Å²) in [7, 11) is 3.17. The zero-order valence-corrected chi connectivity index (χ0v) is 8.12. The topological polar surface area (TPSA) is 64.2 Å². The summed E-state index contributed by atoms with van der Waals surface area (Å²) in [6, 6.07) is 1.75. The van der Waals surface area contributed by atoms with Crippen molar-refractivity contribution in [2.75, 3.05) is 24.7 Å². The smallest absolute Gasteiger partial charge is 0.0587 e. The molecule has 0 bridgehead atoms. The van der Waals surface area contributed by atoms with Gasteiger partial charge in [-0.1, -0.05) is 21.6 Å². The number of hydrogen-bond donors (Lipinski definition) is 2. The molecule has 0 saturated heterocycles. The van der Waals surface area contributed by atoms with Gasteiger partial charge in [-0.2, -0.15) is 5.26 Å². The second-order valence-electron chi connectivity index (χ2n) is 1.31. The average Bonchev–Trinajstić information content (AvgIpc) is 2.00. The summed E-state index contributed by atoms with van der Waals surface area (Å²) in [4.78, 5) is 0. The molecule has 0 radical (unpaired) electrons. The molecule has 0 rings (SSSR count). The highest BCUT2D eigenvalue weighted by Crippen LogP contribution is 2.18. The van der Waals surface area contributed by atoms with Gasteiger partial charge < -0.3 is 10.2 Å². The Morgan fingerprint density at radius 3 is 1.64 bits per heavy atom. The van der Waals surface area contributed by atoms with E-state index in [2.05, 4.69) is 0 Å². The molecule has 0 aromatic carbocycles. The van der Waals surface area contributed by atoms with Crippen LogP contribution in [-0.4, -0.2) is 34.9 Å². The lowest BCUT2D eigenvalue weighted by atomic mass is 10.9. The maximum Gasteiger partial charge on any atom is 0.0587 e. The fraction of sp³-hybridized carbons (Fsp3) is 0.833. The minimum Gasteiger partial charge on any atom is -0.395 e. The molecule has 0 fully saturated rings. The predicted molar refractivity (Wildman–Crippen MR) is 50.4 cm³/mol. The standard InChI is InChI=1S/C4H10O2S2.C2H3N/c5-1-3-7-8-4-2-6;1-2-3/h5-6H,1-4H2;1H3. The Morgan fingerprint density at radius 1 is 1.18 bits per heavy atom. The van der Waals surface area contributed by atoms with Crippen molar-refractivity contribution >= 4 is 21.6 Å². The van der Waals surface area contributed by atoms with Crippen LogP contribution in [0.1, 0.15) is 6.92 Å². The van der Waals surface area contributed by atoms with Gasteiger partial charge in [-0.05, 0) is 0 Å². The van der Waals surface area contributed by atoms with Crippen LogP contribution < -0.4 is 0 Å². The summed E-state index contributed by atoms with van der Waals surface area (Å²) in [6.45, 7) is 1.88. The quantitative estimate of drug-likeness (QED) is 0.503. The Balaban J connectivity index is 0. The van der Waals surface area contributed by atoms with Crippen molar-refractivity contribution in [1.82, 2.24) is 0 Å². The molecule has 0 heterocycles. The minimum atomic E-state index is 0.225. The molecule has 0 atom stereocenters. The molecule has 0 aliphatic carbocycles. The lowest BCUT2D eigenvalue weighted by molar-refractivity contribution is 0.322. The van der Waals surface area contributed by atoms with Crippen molar-refractivity contribution in [2.45, 2.75) is 6.92 Å². The first kappa shape index (κ1) is 13.7. The van der Waals surface area contributed by atoms with Gasteiger partial charge in [0.05, 0.1) is 19.3 Å². The van der Waals surface area contributed by atoms with Crippen molar-refractivity contribution in [3.8, 4) is 6.07 Å². The Bertz CT molecular complexity index is 89.1. The predicted octanol–water partition coefficient (Wildman–Crippen LogP) is 0.882. The summed E-state index contributed by atoms with van der Waals surface area (Å²) in [5, 5.41) is 23.9. The maximum absolute atomic E-state index is 8.27. The second-order valence-corrected chi connectivity index (χ2v) is 4.02. The Kier molecular flexibility index (Phi) is 20.6. The zero-order chi connectivity index (χ0) is 8.95. The first-order chi connectivity index (χ1) is 5.33. The van der Waals surface area contributed by atoms with E-state index in [1.54, 1.807) is 27.7 Å². The molecule has 11 heavy (non-hydrogen) atoms. The molecule has 0 aromatic heterocycles. The first-order valence-corrected chi connectivity index (χ1v) is 5.59. The summed E-state index contributed by atoms with van der Waals surface area (Å²) < 4.78 is 0. The molecule has 0 aliphatic rings. The third kappa shape index (κ3) is 25.5. The van der Waals surface area contributed by atoms with Crippen LogP contribution >= 0.6 is 21.6 Å². The van der Waals surface area contributed by atoms with E-state index in [-0.39, 0.29) is 13.2 Å². The largest absolute Gasteiger partial charge is 0.395 e. The van der Waals surface area contributed by atoms with Crippen molar-refractivity contribution in [2.24, 2.45) is 0 Å². The molecule has 66 valence electrons. The Hall–Kier alpha value is 0.110. The van der Waals surface area contributed by atoms with E-state index in [4.69, 9.17) is 15.5 Å². The molecular formula is C6H13NO2S2. The summed E-state index contributed by atoms with van der Waals surface area (Å²) in [5.41, 5.74) is 0. The molecule has 0 saturated carbocycles. The monoisotopic (exact) mass is 195 g/mol. The van der Waals surface area contributed by atoms with Crippen LogP contribution in [0.2, 0.25) is 0 Å². The minimum absolute atomic E-state index is 0.225. The van der Waals surface area contributed by atoms with Crippen LogP contribution in [0, 0.1) is 11.3 Å². The van der Waals surface area contributed by atoms with E-state index in [1.165, 1.54) is 6.92 Å². The fourth-order valence-electron chi connectivity index (χ4n) is 0.192. The van der Waals surface area contributed by atoms with Gasteiger partial charge in [0.25, 0.3) is 0 Å². The fourth-order valence-corrected chi connectivity index (χ4v) is 1.73. The van der Waals surface area contributed by atoms with E-state index in [1.807, 2.05) is 0 Å². The van der Waals surface area contributed by atoms with E-state index >= 15 is 0 Å². The van der Waals surface area contributed by atoms with Gasteiger partial charge in [0.1, 0.15) is 0 Å². The number of aliphatic hydroxyl groups is 2. The normalized spacial score (nSPS) is 7.82. The van der Waals surface area contributed by atoms with E-state index in [9.17, 15) is 0 Å². The molecule has 0 aromatic rings. The molecular weight excluding hydrogens is 182 g/mol. The van der Waals surface area contributed by atoms with Crippen molar-refractivity contribution in [3.63, 3.8) is 0 Å². The molecule has 0 amide bonds. The molecule has 5 heteroatoms. The third-order valence-corrected chi connectivity index (χ3v) is 2.80. The molecule has 0 unspecified atom stereocenters. The first-order valence-electron chi connectivity index (χ1n) is 3.10. The SMILES string of the molecule is CC#N.OCCSSCCO. The number of rotatable bonds is 5. The highest BCUT2D eigenvalue weighted by atomic mass is 33.1. The van der Waals surface area contributed by atoms with Crippen molar-refractivity contribution < 1.29 is 10.2 Å². The number of aliphatic hydroxyl groups excluding tert-OH is 2. The number of hydrogen-bond acceptors (Lipinski definition) is 5. The second kappa shape index (κ2) is 16.6. The van der Waals surface area contributed by atoms with Gasteiger partial charge >= 0.3 is 0 Å². The lowest BCUT2D eigenvalue weighted by Gasteiger charge is -1.93. The van der Waals surface area contributed by atoms with Gasteiger partial charge in [-0.25, -0.2) is 0 Å². The maximum atomic E-state index is 8.27. The highest BCUT2D eigenvalue weighted by Gasteiger charge is 1.85. The molecule has 3 nitrogen and oxygen atoms in total. The average molecular weight is 195 g/mol. The van der Waals surface area contributed by atoms with Gasteiger partial charge in [0, 0.05) is 18.4 Å². The van der Waals surface area contributed by atoms with Gasteiger partial charge in [-0.3, -0.25) is 0 Å². The lowest BCUT2D eigenvalue weighted by Crippen LogP contribution is -1.85.